The van der Waals surface area contributed by atoms with Crippen LogP contribution in [0.3, 0.4) is 0 Å². The first kappa shape index (κ1) is 46.3. The molecule has 0 heterocycles. The Balaban J connectivity index is 0.834. The molecule has 14 aromatic carbocycles. The fraction of sp³-hybridized carbons (Fsp3) is 0. The first-order valence-electron chi connectivity index (χ1n) is 26.8. The lowest BCUT2D eigenvalue weighted by molar-refractivity contribution is 1.28. The molecule has 0 bridgehead atoms. The van der Waals surface area contributed by atoms with Gasteiger partial charge in [-0.15, -0.1) is 0 Å². The van der Waals surface area contributed by atoms with Crippen LogP contribution in [0, 0.1) is 0 Å². The molecule has 0 N–H and O–H groups in total. The number of hydrogen-bond donors (Lipinski definition) is 0. The van der Waals surface area contributed by atoms with E-state index in [1.54, 1.807) is 0 Å². The Bertz CT molecular complexity index is 4080. The van der Waals surface area contributed by atoms with Crippen molar-refractivity contribution < 1.29 is 0 Å². The molecule has 0 spiro atoms. The summed E-state index contributed by atoms with van der Waals surface area (Å²) < 4.78 is 0. The average molecular weight is 993 g/mol. The number of anilines is 6. The van der Waals surface area contributed by atoms with E-state index in [-0.39, 0.29) is 0 Å². The number of benzene rings is 14. The highest BCUT2D eigenvalue weighted by Gasteiger charge is 2.21. The van der Waals surface area contributed by atoms with E-state index in [1.807, 2.05) is 0 Å². The molecule has 14 rings (SSSR count). The van der Waals surface area contributed by atoms with Crippen molar-refractivity contribution in [1.82, 2.24) is 0 Å². The molecule has 0 atom stereocenters. The third kappa shape index (κ3) is 8.52. The van der Waals surface area contributed by atoms with Gasteiger partial charge in [0.2, 0.25) is 0 Å². The summed E-state index contributed by atoms with van der Waals surface area (Å²) in [6.07, 6.45) is 0. The van der Waals surface area contributed by atoms with Crippen LogP contribution in [0.5, 0.6) is 0 Å². The summed E-state index contributed by atoms with van der Waals surface area (Å²) in [6, 6.07) is 115. The fourth-order valence-electron chi connectivity index (χ4n) is 11.7. The van der Waals surface area contributed by atoms with Gasteiger partial charge in [0, 0.05) is 33.9 Å². The summed E-state index contributed by atoms with van der Waals surface area (Å²) in [5.74, 6) is 0. The predicted octanol–water partition coefficient (Wildman–Crippen LogP) is 21.5. The zero-order valence-electron chi connectivity index (χ0n) is 42.9. The molecule has 0 saturated carbocycles. The molecular weight excluding hydrogens is 941 g/mol. The van der Waals surface area contributed by atoms with Gasteiger partial charge in [-0.25, -0.2) is 0 Å². The van der Waals surface area contributed by atoms with Gasteiger partial charge >= 0.3 is 0 Å². The van der Waals surface area contributed by atoms with E-state index in [4.69, 9.17) is 0 Å². The lowest BCUT2D eigenvalue weighted by atomic mass is 9.87. The minimum absolute atomic E-state index is 1.09. The van der Waals surface area contributed by atoms with Gasteiger partial charge < -0.3 is 9.80 Å². The van der Waals surface area contributed by atoms with E-state index in [0.717, 1.165) is 34.1 Å². The van der Waals surface area contributed by atoms with E-state index < -0.39 is 0 Å². The minimum atomic E-state index is 1.09. The first-order valence-corrected chi connectivity index (χ1v) is 26.8. The molecular formula is C76H52N2. The second-order valence-electron chi connectivity index (χ2n) is 20.0. The fourth-order valence-corrected chi connectivity index (χ4v) is 11.7. The van der Waals surface area contributed by atoms with Gasteiger partial charge in [-0.3, -0.25) is 0 Å². The second kappa shape index (κ2) is 20.1. The maximum Gasteiger partial charge on any atom is 0.0540 e. The third-order valence-electron chi connectivity index (χ3n) is 15.5. The monoisotopic (exact) mass is 992 g/mol. The highest BCUT2D eigenvalue weighted by molar-refractivity contribution is 6.27. The SMILES string of the molecule is c1ccc(-c2ccc(N(c3ccc(-c4ccc5ccc6c(-c7ccc(N(c8ccc(-c9ccccc9)cc8)c8ccccc8-c8ccccc8)cc7)ccc7ccc4c5c76)cc3)c3ccccc3-c3ccccc3)cc2)cc1. The molecule has 2 nitrogen and oxygen atoms in total. The zero-order valence-corrected chi connectivity index (χ0v) is 42.9. The van der Waals surface area contributed by atoms with Crippen molar-refractivity contribution in [2.24, 2.45) is 0 Å². The first-order chi connectivity index (χ1) is 38.7. The lowest BCUT2D eigenvalue weighted by Crippen LogP contribution is -2.11. The van der Waals surface area contributed by atoms with Crippen molar-refractivity contribution in [3.63, 3.8) is 0 Å². The van der Waals surface area contributed by atoms with Crippen molar-refractivity contribution in [3.8, 4) is 66.8 Å². The summed E-state index contributed by atoms with van der Waals surface area (Å²) in [5, 5.41) is 7.57. The van der Waals surface area contributed by atoms with Gasteiger partial charge in [-0.1, -0.05) is 255 Å². The zero-order chi connectivity index (χ0) is 51.8. The third-order valence-corrected chi connectivity index (χ3v) is 15.5. The van der Waals surface area contributed by atoms with Crippen molar-refractivity contribution in [3.05, 3.63) is 315 Å². The number of hydrogen-bond acceptors (Lipinski definition) is 2. The number of rotatable bonds is 12. The Morgan fingerprint density at radius 3 is 0.769 bits per heavy atom. The van der Waals surface area contributed by atoms with Gasteiger partial charge in [0.15, 0.2) is 0 Å². The number of para-hydroxylation sites is 2. The molecule has 0 radical (unpaired) electrons. The molecule has 0 aliphatic heterocycles. The van der Waals surface area contributed by atoms with E-state index in [0.29, 0.717) is 0 Å². The van der Waals surface area contributed by atoms with Crippen molar-refractivity contribution in [1.29, 1.82) is 0 Å². The van der Waals surface area contributed by atoms with Crippen LogP contribution in [-0.4, -0.2) is 0 Å². The standard InChI is InChI=1S/C76H52N2/c1-5-17-53(18-6-1)55-29-41-63(42-30-55)77(73-27-15-13-25-69(73)57-21-9-3-10-22-57)65-45-33-59(34-46-65)67-49-37-61-40-52-72-68(50-38-62-39-51-71(67)75(61)76(62)72)60-35-47-66(48-36-60)78(64-43-31-56(32-44-64)54-19-7-2-8-20-54)74-28-16-14-26-70(74)58-23-11-4-12-24-58/h1-52H. The molecule has 0 aromatic heterocycles. The van der Waals surface area contributed by atoms with Crippen LogP contribution in [0.25, 0.3) is 99.1 Å². The lowest BCUT2D eigenvalue weighted by Gasteiger charge is -2.28. The maximum atomic E-state index is 2.39. The summed E-state index contributed by atoms with van der Waals surface area (Å²) in [4.78, 5) is 4.78. The Morgan fingerprint density at radius 2 is 0.423 bits per heavy atom. The predicted molar refractivity (Wildman–Crippen MR) is 332 cm³/mol. The highest BCUT2D eigenvalue weighted by Crippen LogP contribution is 2.47. The maximum absolute atomic E-state index is 2.39. The Morgan fingerprint density at radius 1 is 0.167 bits per heavy atom. The molecule has 2 heteroatoms. The smallest absolute Gasteiger partial charge is 0.0540 e. The highest BCUT2D eigenvalue weighted by atomic mass is 15.1. The van der Waals surface area contributed by atoms with Gasteiger partial charge in [0.1, 0.15) is 0 Å². The molecule has 0 amide bonds. The van der Waals surface area contributed by atoms with E-state index in [2.05, 4.69) is 325 Å². The van der Waals surface area contributed by atoms with E-state index in [1.165, 1.54) is 99.1 Å². The van der Waals surface area contributed by atoms with Gasteiger partial charge in [-0.05, 0) is 149 Å². The summed E-state index contributed by atoms with van der Waals surface area (Å²) in [6.45, 7) is 0. The van der Waals surface area contributed by atoms with Crippen LogP contribution in [0.15, 0.2) is 315 Å². The van der Waals surface area contributed by atoms with Gasteiger partial charge in [0.25, 0.3) is 0 Å². The van der Waals surface area contributed by atoms with E-state index in [9.17, 15) is 0 Å². The van der Waals surface area contributed by atoms with Crippen LogP contribution < -0.4 is 9.80 Å². The summed E-state index contributed by atoms with van der Waals surface area (Å²) in [5.41, 5.74) is 20.9. The van der Waals surface area contributed by atoms with Crippen LogP contribution in [0.4, 0.5) is 34.1 Å². The topological polar surface area (TPSA) is 6.48 Å². The minimum Gasteiger partial charge on any atom is -0.310 e. The van der Waals surface area contributed by atoms with E-state index >= 15 is 0 Å². The Hall–Kier alpha value is -10.3. The summed E-state index contributed by atoms with van der Waals surface area (Å²) >= 11 is 0. The molecule has 0 aliphatic rings. The Labute approximate surface area is 456 Å². The van der Waals surface area contributed by atoms with Crippen molar-refractivity contribution in [2.75, 3.05) is 9.80 Å². The largest absolute Gasteiger partial charge is 0.310 e. The molecule has 14 aromatic rings. The average Bonchev–Trinajstić information content (AvgIpc) is 3.69. The molecule has 0 saturated heterocycles. The molecule has 0 unspecified atom stereocenters. The Kier molecular flexibility index (Phi) is 11.9. The summed E-state index contributed by atoms with van der Waals surface area (Å²) in [7, 11) is 0. The van der Waals surface area contributed by atoms with Crippen LogP contribution >= 0.6 is 0 Å². The van der Waals surface area contributed by atoms with Crippen molar-refractivity contribution >= 4 is 66.4 Å². The normalized spacial score (nSPS) is 11.3. The van der Waals surface area contributed by atoms with Crippen LogP contribution in [0.2, 0.25) is 0 Å². The van der Waals surface area contributed by atoms with Gasteiger partial charge in [0.05, 0.1) is 11.4 Å². The van der Waals surface area contributed by atoms with Crippen LogP contribution in [0.1, 0.15) is 0 Å². The van der Waals surface area contributed by atoms with Crippen molar-refractivity contribution in [2.45, 2.75) is 0 Å². The molecule has 0 fully saturated rings. The molecule has 78 heavy (non-hydrogen) atoms. The van der Waals surface area contributed by atoms with Crippen LogP contribution in [-0.2, 0) is 0 Å². The number of nitrogens with zero attached hydrogens (tertiary/aromatic N) is 2. The second-order valence-corrected chi connectivity index (χ2v) is 20.0. The van der Waals surface area contributed by atoms with Gasteiger partial charge in [-0.2, -0.15) is 0 Å². The molecule has 366 valence electrons. The molecule has 0 aliphatic carbocycles. The quantitative estimate of drug-likeness (QED) is 0.113.